The number of guanidine groups is 1. The van der Waals surface area contributed by atoms with Crippen molar-refractivity contribution < 1.29 is 9.59 Å². The molecule has 1 saturated heterocycles. The van der Waals surface area contributed by atoms with E-state index in [1.54, 1.807) is 25.9 Å². The normalized spacial score (nSPS) is 19.5. The molecule has 0 aromatic carbocycles. The van der Waals surface area contributed by atoms with Crippen molar-refractivity contribution in [1.29, 1.82) is 0 Å². The summed E-state index contributed by atoms with van der Waals surface area (Å²) in [5.74, 6) is 0.912. The Bertz CT molecular complexity index is 423. The molecule has 0 radical (unpaired) electrons. The number of nitrogens with zero attached hydrogens (tertiary/aromatic N) is 4. The van der Waals surface area contributed by atoms with Gasteiger partial charge in [-0.3, -0.25) is 9.59 Å². The lowest BCUT2D eigenvalue weighted by molar-refractivity contribution is -0.130. The zero-order chi connectivity index (χ0) is 15.4. The Labute approximate surface area is 126 Å². The quantitative estimate of drug-likeness (QED) is 0.555. The third-order valence-corrected chi connectivity index (χ3v) is 3.80. The van der Waals surface area contributed by atoms with Gasteiger partial charge >= 0.3 is 0 Å². The highest BCUT2D eigenvalue weighted by Gasteiger charge is 2.27. The van der Waals surface area contributed by atoms with Gasteiger partial charge in [0, 0.05) is 53.2 Å². The summed E-state index contributed by atoms with van der Waals surface area (Å²) in [7, 11) is 3.47. The molecule has 2 fully saturated rings. The van der Waals surface area contributed by atoms with Crippen LogP contribution in [0.5, 0.6) is 0 Å². The van der Waals surface area contributed by atoms with Crippen LogP contribution in [-0.2, 0) is 9.59 Å². The summed E-state index contributed by atoms with van der Waals surface area (Å²) in [6.07, 6.45) is 2.32. The van der Waals surface area contributed by atoms with Crippen LogP contribution in [0.1, 0.15) is 19.8 Å². The van der Waals surface area contributed by atoms with Crippen LogP contribution in [0.25, 0.3) is 0 Å². The lowest BCUT2D eigenvalue weighted by Crippen LogP contribution is -2.54. The smallest absolute Gasteiger partial charge is 0.243 e. The van der Waals surface area contributed by atoms with Gasteiger partial charge in [-0.25, -0.2) is 4.99 Å². The topological polar surface area (TPSA) is 68.2 Å². The summed E-state index contributed by atoms with van der Waals surface area (Å²) in [4.78, 5) is 33.0. The first kappa shape index (κ1) is 15.6. The van der Waals surface area contributed by atoms with Crippen LogP contribution in [0.4, 0.5) is 0 Å². The van der Waals surface area contributed by atoms with Gasteiger partial charge < -0.3 is 20.0 Å². The standard InChI is InChI=1S/C14H25N5O2/c1-11(20)18-6-8-19(9-7-18)14(16-12-4-5-12)15-10-13(21)17(2)3/h12H,4-10H2,1-3H3,(H,15,16). The van der Waals surface area contributed by atoms with Crippen LogP contribution >= 0.6 is 0 Å². The van der Waals surface area contributed by atoms with E-state index in [9.17, 15) is 9.59 Å². The number of amides is 2. The van der Waals surface area contributed by atoms with Gasteiger partial charge in [-0.05, 0) is 12.8 Å². The van der Waals surface area contributed by atoms with Crippen LogP contribution in [0, 0.1) is 0 Å². The molecule has 0 spiro atoms. The van der Waals surface area contributed by atoms with Crippen molar-refractivity contribution in [2.75, 3.05) is 46.8 Å². The maximum absolute atomic E-state index is 11.7. The monoisotopic (exact) mass is 295 g/mol. The number of hydrogen-bond acceptors (Lipinski definition) is 3. The molecular weight excluding hydrogens is 270 g/mol. The van der Waals surface area contributed by atoms with Gasteiger partial charge in [0.1, 0.15) is 6.54 Å². The van der Waals surface area contributed by atoms with Crippen molar-refractivity contribution in [2.45, 2.75) is 25.8 Å². The number of carbonyl (C=O) groups excluding carboxylic acids is 2. The predicted molar refractivity (Wildman–Crippen MR) is 81.0 cm³/mol. The van der Waals surface area contributed by atoms with Gasteiger partial charge in [0.05, 0.1) is 0 Å². The lowest BCUT2D eigenvalue weighted by atomic mass is 10.3. The lowest BCUT2D eigenvalue weighted by Gasteiger charge is -2.36. The van der Waals surface area contributed by atoms with E-state index in [2.05, 4.69) is 15.2 Å². The minimum absolute atomic E-state index is 0.00697. The molecule has 2 rings (SSSR count). The Morgan fingerprint density at radius 1 is 1.14 bits per heavy atom. The average molecular weight is 295 g/mol. The van der Waals surface area contributed by atoms with Crippen LogP contribution in [0.15, 0.2) is 4.99 Å². The highest BCUT2D eigenvalue weighted by Crippen LogP contribution is 2.19. The van der Waals surface area contributed by atoms with Crippen molar-refractivity contribution in [3.05, 3.63) is 0 Å². The molecule has 21 heavy (non-hydrogen) atoms. The highest BCUT2D eigenvalue weighted by molar-refractivity contribution is 5.85. The second kappa shape index (κ2) is 6.78. The SMILES string of the molecule is CC(=O)N1CCN(C(=NCC(=O)N(C)C)NC2CC2)CC1. The fourth-order valence-corrected chi connectivity index (χ4v) is 2.16. The molecule has 1 N–H and O–H groups in total. The summed E-state index contributed by atoms with van der Waals surface area (Å²) < 4.78 is 0. The third kappa shape index (κ3) is 4.61. The molecule has 1 aliphatic carbocycles. The maximum Gasteiger partial charge on any atom is 0.243 e. The molecule has 118 valence electrons. The van der Waals surface area contributed by atoms with E-state index >= 15 is 0 Å². The Hall–Kier alpha value is -1.79. The molecule has 1 saturated carbocycles. The minimum Gasteiger partial charge on any atom is -0.353 e. The summed E-state index contributed by atoms with van der Waals surface area (Å²) in [6.45, 7) is 4.70. The van der Waals surface area contributed by atoms with E-state index in [0.717, 1.165) is 31.9 Å². The van der Waals surface area contributed by atoms with Crippen LogP contribution in [-0.4, -0.2) is 85.3 Å². The van der Waals surface area contributed by atoms with E-state index in [1.165, 1.54) is 0 Å². The summed E-state index contributed by atoms with van der Waals surface area (Å²) in [5.41, 5.74) is 0. The number of carbonyl (C=O) groups is 2. The molecule has 0 atom stereocenters. The second-order valence-electron chi connectivity index (χ2n) is 5.84. The zero-order valence-corrected chi connectivity index (χ0v) is 13.1. The van der Waals surface area contributed by atoms with Crippen LogP contribution < -0.4 is 5.32 Å². The molecular formula is C14H25N5O2. The molecule has 7 nitrogen and oxygen atoms in total. The molecule has 7 heteroatoms. The first-order valence-corrected chi connectivity index (χ1v) is 7.49. The van der Waals surface area contributed by atoms with Crippen LogP contribution in [0.3, 0.4) is 0 Å². The predicted octanol–water partition coefficient (Wildman–Crippen LogP) is -0.653. The third-order valence-electron chi connectivity index (χ3n) is 3.80. The van der Waals surface area contributed by atoms with Crippen molar-refractivity contribution in [2.24, 2.45) is 4.99 Å². The van der Waals surface area contributed by atoms with Crippen molar-refractivity contribution in [1.82, 2.24) is 20.0 Å². The molecule has 1 heterocycles. The van der Waals surface area contributed by atoms with Gasteiger partial charge in [-0.1, -0.05) is 0 Å². The number of likely N-dealkylation sites (N-methyl/N-ethyl adjacent to an activating group) is 1. The van der Waals surface area contributed by atoms with Gasteiger partial charge in [0.15, 0.2) is 5.96 Å². The Kier molecular flexibility index (Phi) is 5.03. The molecule has 0 bridgehead atoms. The van der Waals surface area contributed by atoms with E-state index in [1.807, 2.05) is 4.90 Å². The average Bonchev–Trinajstić information content (AvgIpc) is 3.27. The molecule has 0 aromatic rings. The van der Waals surface area contributed by atoms with Gasteiger partial charge in [0.2, 0.25) is 11.8 Å². The van der Waals surface area contributed by atoms with E-state index in [-0.39, 0.29) is 18.4 Å². The Morgan fingerprint density at radius 3 is 2.19 bits per heavy atom. The van der Waals surface area contributed by atoms with Crippen molar-refractivity contribution in [3.8, 4) is 0 Å². The fraction of sp³-hybridized carbons (Fsp3) is 0.786. The van der Waals surface area contributed by atoms with Gasteiger partial charge in [0.25, 0.3) is 0 Å². The van der Waals surface area contributed by atoms with Gasteiger partial charge in [-0.15, -0.1) is 0 Å². The molecule has 1 aliphatic heterocycles. The van der Waals surface area contributed by atoms with E-state index in [4.69, 9.17) is 0 Å². The first-order valence-electron chi connectivity index (χ1n) is 7.49. The van der Waals surface area contributed by atoms with E-state index in [0.29, 0.717) is 19.1 Å². The van der Waals surface area contributed by atoms with Crippen molar-refractivity contribution in [3.63, 3.8) is 0 Å². The number of aliphatic imine (C=N–C) groups is 1. The fourth-order valence-electron chi connectivity index (χ4n) is 2.16. The second-order valence-corrected chi connectivity index (χ2v) is 5.84. The molecule has 2 amide bonds. The largest absolute Gasteiger partial charge is 0.353 e. The van der Waals surface area contributed by atoms with E-state index < -0.39 is 0 Å². The first-order chi connectivity index (χ1) is 9.97. The summed E-state index contributed by atoms with van der Waals surface area (Å²) in [5, 5.41) is 3.40. The zero-order valence-electron chi connectivity index (χ0n) is 13.1. The molecule has 0 unspecified atom stereocenters. The molecule has 0 aromatic heterocycles. The Morgan fingerprint density at radius 2 is 1.71 bits per heavy atom. The summed E-state index contributed by atoms with van der Waals surface area (Å²) >= 11 is 0. The maximum atomic E-state index is 11.7. The minimum atomic E-state index is -0.00697. The number of rotatable bonds is 3. The van der Waals surface area contributed by atoms with Gasteiger partial charge in [-0.2, -0.15) is 0 Å². The molecule has 2 aliphatic rings. The Balaban J connectivity index is 1.94. The number of piperazine rings is 1. The summed E-state index contributed by atoms with van der Waals surface area (Å²) in [6, 6.07) is 0.490. The number of nitrogens with one attached hydrogen (secondary N) is 1. The van der Waals surface area contributed by atoms with Crippen molar-refractivity contribution >= 4 is 17.8 Å². The highest BCUT2D eigenvalue weighted by atomic mass is 16.2. The number of hydrogen-bond donors (Lipinski definition) is 1. The van der Waals surface area contributed by atoms with Crippen LogP contribution in [0.2, 0.25) is 0 Å².